The van der Waals surface area contributed by atoms with Crippen LogP contribution in [0.2, 0.25) is 0 Å². The lowest BCUT2D eigenvalue weighted by Gasteiger charge is -2.23. The van der Waals surface area contributed by atoms with E-state index in [-0.39, 0.29) is 12.0 Å². The van der Waals surface area contributed by atoms with Crippen LogP contribution in [0.25, 0.3) is 0 Å². The molecule has 25 heavy (non-hydrogen) atoms. The molecule has 1 N–H and O–H groups in total. The van der Waals surface area contributed by atoms with E-state index in [2.05, 4.69) is 14.8 Å². The molecule has 1 aromatic rings. The number of amides is 1. The van der Waals surface area contributed by atoms with Gasteiger partial charge in [-0.25, -0.2) is 9.59 Å². The van der Waals surface area contributed by atoms with E-state index in [0.29, 0.717) is 0 Å². The molecule has 140 valence electrons. The van der Waals surface area contributed by atoms with Crippen molar-refractivity contribution in [3.63, 3.8) is 0 Å². The number of nitrogens with one attached hydrogen (secondary N) is 1. The minimum absolute atomic E-state index is 0.0753. The Morgan fingerprint density at radius 1 is 1.16 bits per heavy atom. The Bertz CT molecular complexity index is 611. The summed E-state index contributed by atoms with van der Waals surface area (Å²) < 4.78 is 51.0. The van der Waals surface area contributed by atoms with Gasteiger partial charge in [-0.05, 0) is 32.4 Å². The quantitative estimate of drug-likeness (QED) is 0.814. The highest BCUT2D eigenvalue weighted by atomic mass is 19.4. The maximum absolute atomic E-state index is 12.5. The second kappa shape index (κ2) is 8.09. The molecule has 0 aromatic heterocycles. The number of halogens is 3. The normalized spacial score (nSPS) is 12.9. The Morgan fingerprint density at radius 2 is 1.76 bits per heavy atom. The van der Waals surface area contributed by atoms with E-state index < -0.39 is 35.8 Å². The molecule has 0 unspecified atom stereocenters. The first kappa shape index (κ1) is 20.6. The van der Waals surface area contributed by atoms with Gasteiger partial charge in [0.15, 0.2) is 0 Å². The van der Waals surface area contributed by atoms with Crippen LogP contribution in [0.15, 0.2) is 24.3 Å². The molecule has 1 aromatic carbocycles. The van der Waals surface area contributed by atoms with Crippen molar-refractivity contribution in [2.45, 2.75) is 45.2 Å². The average Bonchev–Trinajstić information content (AvgIpc) is 2.44. The fourth-order valence-corrected chi connectivity index (χ4v) is 1.90. The Hall–Kier alpha value is -2.45. The van der Waals surface area contributed by atoms with Gasteiger partial charge in [-0.1, -0.05) is 18.2 Å². The monoisotopic (exact) mass is 363 g/mol. The average molecular weight is 363 g/mol. The number of carbonyl (C=O) groups excluding carboxylic acids is 2. The number of benzene rings is 1. The number of methoxy groups -OCH3 is 1. The molecular formula is C16H20F3NO5. The van der Waals surface area contributed by atoms with Gasteiger partial charge in [0, 0.05) is 6.42 Å². The number of para-hydroxylation sites is 1. The van der Waals surface area contributed by atoms with Crippen LogP contribution in [0.5, 0.6) is 5.75 Å². The van der Waals surface area contributed by atoms with Crippen molar-refractivity contribution in [3.8, 4) is 5.75 Å². The third-order valence-corrected chi connectivity index (χ3v) is 2.80. The van der Waals surface area contributed by atoms with E-state index >= 15 is 0 Å². The highest BCUT2D eigenvalue weighted by Gasteiger charge is 2.33. The smallest absolute Gasteiger partial charge is 0.467 e. The molecule has 0 fully saturated rings. The second-order valence-electron chi connectivity index (χ2n) is 6.08. The standard InChI is InChI=1S/C16H20F3NO5/c1-15(2,3)25-14(22)20-11(13(21)23-4)9-10-7-5-6-8-12(10)24-16(17,18)19/h5-8,11H,9H2,1-4H3,(H,20,22)/t11-/m1/s1. The van der Waals surface area contributed by atoms with Crippen molar-refractivity contribution in [3.05, 3.63) is 29.8 Å². The van der Waals surface area contributed by atoms with E-state index in [1.54, 1.807) is 20.8 Å². The lowest BCUT2D eigenvalue weighted by atomic mass is 10.0. The number of hydrogen-bond acceptors (Lipinski definition) is 5. The number of alkyl carbamates (subject to hydrolysis) is 1. The van der Waals surface area contributed by atoms with E-state index in [0.717, 1.165) is 13.2 Å². The molecule has 0 saturated heterocycles. The maximum atomic E-state index is 12.5. The second-order valence-corrected chi connectivity index (χ2v) is 6.08. The molecule has 0 aliphatic carbocycles. The van der Waals surface area contributed by atoms with Crippen molar-refractivity contribution >= 4 is 12.1 Å². The molecule has 0 aliphatic rings. The number of alkyl halides is 3. The first-order valence-corrected chi connectivity index (χ1v) is 7.32. The van der Waals surface area contributed by atoms with Crippen LogP contribution in [0.3, 0.4) is 0 Å². The van der Waals surface area contributed by atoms with Crippen LogP contribution in [-0.4, -0.2) is 37.2 Å². The molecule has 0 heterocycles. The summed E-state index contributed by atoms with van der Waals surface area (Å²) in [7, 11) is 1.10. The van der Waals surface area contributed by atoms with E-state index in [4.69, 9.17) is 4.74 Å². The molecule has 1 rings (SSSR count). The number of rotatable bonds is 5. The van der Waals surface area contributed by atoms with Crippen LogP contribution in [0.1, 0.15) is 26.3 Å². The van der Waals surface area contributed by atoms with Gasteiger partial charge in [0.2, 0.25) is 0 Å². The number of hydrogen-bond donors (Lipinski definition) is 1. The number of carbonyl (C=O) groups is 2. The molecule has 1 amide bonds. The largest absolute Gasteiger partial charge is 0.573 e. The molecule has 0 bridgehead atoms. The molecule has 0 aliphatic heterocycles. The minimum Gasteiger partial charge on any atom is -0.467 e. The van der Waals surface area contributed by atoms with E-state index in [1.165, 1.54) is 18.2 Å². The summed E-state index contributed by atoms with van der Waals surface area (Å²) in [5, 5.41) is 2.29. The summed E-state index contributed by atoms with van der Waals surface area (Å²) in [5.74, 6) is -1.29. The van der Waals surface area contributed by atoms with Crippen LogP contribution < -0.4 is 10.1 Å². The predicted octanol–water partition coefficient (Wildman–Crippen LogP) is 3.19. The zero-order valence-electron chi connectivity index (χ0n) is 14.3. The summed E-state index contributed by atoms with van der Waals surface area (Å²) in [5.41, 5.74) is -0.728. The van der Waals surface area contributed by atoms with Crippen molar-refractivity contribution in [2.24, 2.45) is 0 Å². The van der Waals surface area contributed by atoms with Crippen LogP contribution in [0.4, 0.5) is 18.0 Å². The Balaban J connectivity index is 2.96. The molecular weight excluding hydrogens is 343 g/mol. The molecule has 1 atom stereocenters. The van der Waals surface area contributed by atoms with Crippen molar-refractivity contribution in [2.75, 3.05) is 7.11 Å². The fraction of sp³-hybridized carbons (Fsp3) is 0.500. The summed E-state index contributed by atoms with van der Waals surface area (Å²) in [6.45, 7) is 4.89. The van der Waals surface area contributed by atoms with Crippen molar-refractivity contribution in [1.29, 1.82) is 0 Å². The predicted molar refractivity (Wildman–Crippen MR) is 82.0 cm³/mol. The number of ether oxygens (including phenoxy) is 3. The topological polar surface area (TPSA) is 73.9 Å². The van der Waals surface area contributed by atoms with Gasteiger partial charge < -0.3 is 19.5 Å². The van der Waals surface area contributed by atoms with Crippen LogP contribution in [-0.2, 0) is 20.7 Å². The summed E-state index contributed by atoms with van der Waals surface area (Å²) >= 11 is 0. The molecule has 9 heteroatoms. The van der Waals surface area contributed by atoms with Gasteiger partial charge in [-0.15, -0.1) is 13.2 Å². The molecule has 0 spiro atoms. The fourth-order valence-electron chi connectivity index (χ4n) is 1.90. The summed E-state index contributed by atoms with van der Waals surface area (Å²) in [6, 6.07) is 4.08. The molecule has 0 radical (unpaired) electrons. The van der Waals surface area contributed by atoms with Gasteiger partial charge in [-0.2, -0.15) is 0 Å². The van der Waals surface area contributed by atoms with Crippen molar-refractivity contribution < 1.29 is 37.0 Å². The summed E-state index contributed by atoms with van der Waals surface area (Å²) in [6.07, 6.45) is -6.04. The number of esters is 1. The van der Waals surface area contributed by atoms with Gasteiger partial charge in [-0.3, -0.25) is 0 Å². The van der Waals surface area contributed by atoms with E-state index in [1.807, 2.05) is 0 Å². The first-order chi connectivity index (χ1) is 11.4. The zero-order chi connectivity index (χ0) is 19.3. The first-order valence-electron chi connectivity index (χ1n) is 7.32. The summed E-state index contributed by atoms with van der Waals surface area (Å²) in [4.78, 5) is 23.7. The van der Waals surface area contributed by atoms with Crippen molar-refractivity contribution in [1.82, 2.24) is 5.32 Å². The lowest BCUT2D eigenvalue weighted by Crippen LogP contribution is -2.45. The van der Waals surface area contributed by atoms with E-state index in [9.17, 15) is 22.8 Å². The highest BCUT2D eigenvalue weighted by Crippen LogP contribution is 2.27. The zero-order valence-corrected chi connectivity index (χ0v) is 14.3. The Kier molecular flexibility index (Phi) is 6.66. The van der Waals surface area contributed by atoms with Gasteiger partial charge in [0.1, 0.15) is 17.4 Å². The lowest BCUT2D eigenvalue weighted by molar-refractivity contribution is -0.274. The van der Waals surface area contributed by atoms with Crippen LogP contribution in [0, 0.1) is 0 Å². The van der Waals surface area contributed by atoms with Gasteiger partial charge >= 0.3 is 18.4 Å². The highest BCUT2D eigenvalue weighted by molar-refractivity contribution is 5.81. The maximum Gasteiger partial charge on any atom is 0.573 e. The minimum atomic E-state index is -4.88. The van der Waals surface area contributed by atoms with Gasteiger partial charge in [0.25, 0.3) is 0 Å². The Morgan fingerprint density at radius 3 is 2.28 bits per heavy atom. The molecule has 0 saturated carbocycles. The SMILES string of the molecule is COC(=O)[C@@H](Cc1ccccc1OC(F)(F)F)NC(=O)OC(C)(C)C. The van der Waals surface area contributed by atoms with Gasteiger partial charge in [0.05, 0.1) is 7.11 Å². The third-order valence-electron chi connectivity index (χ3n) is 2.80. The Labute approximate surface area is 143 Å². The third kappa shape index (κ3) is 7.77. The van der Waals surface area contributed by atoms with Crippen LogP contribution >= 0.6 is 0 Å². The molecule has 6 nitrogen and oxygen atoms in total.